The van der Waals surface area contributed by atoms with Gasteiger partial charge in [-0.25, -0.2) is 29.5 Å². The van der Waals surface area contributed by atoms with Gasteiger partial charge in [-0.3, -0.25) is 9.97 Å². The van der Waals surface area contributed by atoms with Crippen molar-refractivity contribution in [3.8, 4) is 29.1 Å². The number of carbonyl (C=O) groups is 2. The molecule has 2 saturated carbocycles. The van der Waals surface area contributed by atoms with E-state index in [-0.39, 0.29) is 99.7 Å². The van der Waals surface area contributed by atoms with Gasteiger partial charge in [0.15, 0.2) is 11.5 Å². The molecule has 4 aliphatic rings. The van der Waals surface area contributed by atoms with Crippen LogP contribution in [0.25, 0.3) is 0 Å². The van der Waals surface area contributed by atoms with Crippen LogP contribution in [0.15, 0.2) is 49.3 Å². The zero-order valence-electron chi connectivity index (χ0n) is 41.5. The van der Waals surface area contributed by atoms with Gasteiger partial charge in [-0.15, -0.1) is 5.60 Å². The maximum Gasteiger partial charge on any atom is 1.00 e. The number of hydrogen-bond acceptors (Lipinski definition) is 15. The normalized spacial score (nSPS) is 21.3. The quantitative estimate of drug-likeness (QED) is 0.187. The molecule has 67 heavy (non-hydrogen) atoms. The molecule has 2 aliphatic heterocycles. The maximum atomic E-state index is 12.4. The molecule has 4 bridgehead atoms. The van der Waals surface area contributed by atoms with Gasteiger partial charge in [-0.05, 0) is 113 Å². The van der Waals surface area contributed by atoms with Crippen molar-refractivity contribution in [1.82, 2.24) is 39.7 Å². The number of aliphatic hydroxyl groups excluding tert-OH is 1. The summed E-state index contributed by atoms with van der Waals surface area (Å²) >= 11 is 5.87. The fraction of sp³-hybridized carbons (Fsp3) is 0.583. The molecule has 2 amide bonds. The number of fused-ring (bicyclic) bond motifs is 4. The number of pyridine rings is 2. The maximum absolute atomic E-state index is 12.4. The zero-order chi connectivity index (χ0) is 48.7. The summed E-state index contributed by atoms with van der Waals surface area (Å²) < 4.78 is 28.7. The number of aromatic nitrogens is 6. The molecule has 0 aromatic carbocycles. The molecule has 4 aromatic rings. The van der Waals surface area contributed by atoms with Gasteiger partial charge in [0.25, 0.3) is 0 Å². The van der Waals surface area contributed by atoms with Gasteiger partial charge >= 0.3 is 63.6 Å². The number of aliphatic hydroxyl groups is 1. The van der Waals surface area contributed by atoms with Crippen molar-refractivity contribution in [3.63, 3.8) is 0 Å². The number of likely N-dealkylation sites (tertiary alicyclic amines) is 2. The van der Waals surface area contributed by atoms with E-state index in [0.717, 1.165) is 36.2 Å². The monoisotopic (exact) mass is 972 g/mol. The van der Waals surface area contributed by atoms with Crippen molar-refractivity contribution >= 4 is 23.8 Å². The average molecular weight is 974 g/mol. The molecule has 6 atom stereocenters. The molecule has 360 valence electrons. The van der Waals surface area contributed by atoms with Crippen LogP contribution < -0.4 is 70.7 Å². The molecule has 8 rings (SSSR count). The van der Waals surface area contributed by atoms with Gasteiger partial charge in [0.1, 0.15) is 35.1 Å². The molecular formula is C48H66ClKN8O9. The van der Waals surface area contributed by atoms with Crippen LogP contribution >= 0.6 is 11.6 Å². The van der Waals surface area contributed by atoms with E-state index in [1.54, 1.807) is 44.1 Å². The van der Waals surface area contributed by atoms with E-state index in [0.29, 0.717) is 59.4 Å². The smallest absolute Gasteiger partial charge is 0.850 e. The number of ether oxygens (including phenoxy) is 5. The predicted molar refractivity (Wildman–Crippen MR) is 246 cm³/mol. The summed E-state index contributed by atoms with van der Waals surface area (Å²) in [5, 5.41) is 20.1. The van der Waals surface area contributed by atoms with Crippen LogP contribution in [0.1, 0.15) is 111 Å². The summed E-state index contributed by atoms with van der Waals surface area (Å²) in [6.07, 6.45) is 8.91. The van der Waals surface area contributed by atoms with Gasteiger partial charge in [-0.2, -0.15) is 0 Å². The molecule has 2 aliphatic carbocycles. The molecule has 4 fully saturated rings. The van der Waals surface area contributed by atoms with E-state index in [2.05, 4.69) is 29.9 Å². The Labute approximate surface area is 442 Å². The van der Waals surface area contributed by atoms with E-state index in [1.165, 1.54) is 12.7 Å². The molecule has 2 saturated heterocycles. The third-order valence-electron chi connectivity index (χ3n) is 10.8. The first-order valence-corrected chi connectivity index (χ1v) is 22.7. The molecule has 6 heterocycles. The van der Waals surface area contributed by atoms with Crippen LogP contribution in [0.2, 0.25) is 5.15 Å². The van der Waals surface area contributed by atoms with Crippen molar-refractivity contribution in [2.45, 2.75) is 157 Å². The third kappa shape index (κ3) is 16.7. The predicted octanol–water partition coefficient (Wildman–Crippen LogP) is 5.52. The number of carbonyl (C=O) groups excluding carboxylic acids is 2. The van der Waals surface area contributed by atoms with Crippen molar-refractivity contribution in [1.29, 1.82) is 0 Å². The van der Waals surface area contributed by atoms with Crippen LogP contribution in [0, 0.1) is 39.5 Å². The fourth-order valence-corrected chi connectivity index (χ4v) is 7.85. The summed E-state index contributed by atoms with van der Waals surface area (Å²) in [4.78, 5) is 52.6. The Morgan fingerprint density at radius 2 is 1.09 bits per heavy atom. The molecule has 17 nitrogen and oxygen atoms in total. The van der Waals surface area contributed by atoms with E-state index in [9.17, 15) is 19.8 Å². The summed E-state index contributed by atoms with van der Waals surface area (Å²) in [7, 11) is 0. The fourth-order valence-electron chi connectivity index (χ4n) is 7.73. The summed E-state index contributed by atoms with van der Waals surface area (Å²) in [5.74, 6) is 3.27. The van der Waals surface area contributed by atoms with Gasteiger partial charge < -0.3 is 43.7 Å². The molecule has 0 spiro atoms. The van der Waals surface area contributed by atoms with Gasteiger partial charge in [-0.1, -0.05) is 32.4 Å². The minimum Gasteiger partial charge on any atom is -0.850 e. The van der Waals surface area contributed by atoms with Crippen molar-refractivity contribution in [3.05, 3.63) is 77.0 Å². The Kier molecular flexibility index (Phi) is 19.8. The van der Waals surface area contributed by atoms with Gasteiger partial charge in [0, 0.05) is 61.4 Å². The Hall–Kier alpha value is -3.75. The number of hydrogen-bond donors (Lipinski definition) is 1. The molecule has 4 aromatic heterocycles. The summed E-state index contributed by atoms with van der Waals surface area (Å²) in [6.45, 7) is 24.9. The standard InChI is InChI=1S/C22H28N4O4.C11H10ClN3O.C11H19NO3.C4H9O.K/c1-13-19(28-17-7-6-8-23-14(17)2)24-12-25-20(13)29-18-10-16-9-15(18)11-26(16)21(27)30-22(3,4)5;1-7-10(12)14-6-15-11(7)16-9-4-3-5-13-8(9)2;1-11(2,3)15-10(14)12-6-7-4-8(12)5-9(7)13;1-4(2,3)5;/h6-8,12,15-16,18H,9-11H2,1-5H3;3-6H,1-2H3;7-9,13H,4-6H2,1-3H3;1-3H3;/q;;;-1;+1/t15?,16?,18-;;7?,8?,9-;;/m0.0../s1. The average Bonchev–Trinajstić information content (AvgIpc) is 4.00. The van der Waals surface area contributed by atoms with Crippen molar-refractivity contribution in [2.75, 3.05) is 13.1 Å². The van der Waals surface area contributed by atoms with E-state index < -0.39 is 16.8 Å². The van der Waals surface area contributed by atoms with Crippen LogP contribution in [-0.4, -0.2) is 111 Å². The Morgan fingerprint density at radius 3 is 1.51 bits per heavy atom. The molecule has 0 radical (unpaired) electrons. The largest absolute Gasteiger partial charge is 1.00 e. The van der Waals surface area contributed by atoms with Crippen molar-refractivity contribution < 1.29 is 94.9 Å². The van der Waals surface area contributed by atoms with Crippen LogP contribution in [0.4, 0.5) is 9.59 Å². The van der Waals surface area contributed by atoms with Crippen molar-refractivity contribution in [2.24, 2.45) is 11.8 Å². The minimum atomic E-state index is -0.750. The Morgan fingerprint density at radius 1 is 0.657 bits per heavy atom. The number of halogens is 1. The number of piperidine rings is 2. The van der Waals surface area contributed by atoms with Crippen LogP contribution in [0.3, 0.4) is 0 Å². The van der Waals surface area contributed by atoms with E-state index in [4.69, 9.17) is 35.3 Å². The number of nitrogens with zero attached hydrogens (tertiary/aromatic N) is 8. The molecule has 4 unspecified atom stereocenters. The zero-order valence-corrected chi connectivity index (χ0v) is 45.4. The molecule has 1 N–H and O–H groups in total. The third-order valence-corrected chi connectivity index (χ3v) is 11.2. The topological polar surface area (TPSA) is 207 Å². The first kappa shape index (κ1) is 55.8. The van der Waals surface area contributed by atoms with Gasteiger partial charge in [0.2, 0.25) is 17.6 Å². The van der Waals surface area contributed by atoms with E-state index in [1.807, 2.05) is 92.3 Å². The second kappa shape index (κ2) is 23.7. The second-order valence-corrected chi connectivity index (χ2v) is 20.3. The van der Waals surface area contributed by atoms with Gasteiger partial charge in [0.05, 0.1) is 23.1 Å². The van der Waals surface area contributed by atoms with Crippen LogP contribution in [0.5, 0.6) is 29.1 Å². The number of amides is 2. The summed E-state index contributed by atoms with van der Waals surface area (Å²) in [6, 6.07) is 7.65. The molecular weight excluding hydrogens is 907 g/mol. The SMILES string of the molecule is CC(C)(C)OC(=O)N1CC2CC1C[C@@H]2O.CC(C)(C)[O-].Cc1ncccc1Oc1ncnc(Cl)c1C.Cc1ncccc1Oc1ncnc(O[C@H]2CC3CC2CN3C(=O)OC(C)(C)C)c1C.[K+]. The summed E-state index contributed by atoms with van der Waals surface area (Å²) in [5.41, 5.74) is 1.37. The first-order valence-electron chi connectivity index (χ1n) is 22.3. The van der Waals surface area contributed by atoms with Crippen LogP contribution in [-0.2, 0) is 9.47 Å². The van der Waals surface area contributed by atoms with E-state index >= 15 is 0 Å². The number of aryl methyl sites for hydroxylation is 2. The first-order chi connectivity index (χ1) is 30.8. The minimum absolute atomic E-state index is 0. The molecule has 19 heteroatoms. The Bertz CT molecular complexity index is 2280. The number of rotatable bonds is 6. The Balaban J connectivity index is 0.000000224. The second-order valence-electron chi connectivity index (χ2n) is 20.0.